The van der Waals surface area contributed by atoms with Crippen LogP contribution in [-0.2, 0) is 17.8 Å². The number of hydrogen-bond acceptors (Lipinski definition) is 3. The SMILES string of the molecule is CN(C)CC(/C(Cc1ccccc1)=N/NC(=O)C[n+]1ccccc1)c1ccccc1. The summed E-state index contributed by atoms with van der Waals surface area (Å²) in [5.41, 5.74) is 6.08. The van der Waals surface area contributed by atoms with E-state index >= 15 is 0 Å². The number of hydrogen-bond donors (Lipinski definition) is 1. The summed E-state index contributed by atoms with van der Waals surface area (Å²) in [6.07, 6.45) is 4.41. The van der Waals surface area contributed by atoms with E-state index in [2.05, 4.69) is 53.8 Å². The van der Waals surface area contributed by atoms with Gasteiger partial charge in [0, 0.05) is 31.0 Å². The lowest BCUT2D eigenvalue weighted by atomic mass is 9.90. The molecule has 154 valence electrons. The summed E-state index contributed by atoms with van der Waals surface area (Å²) < 4.78 is 1.83. The topological polar surface area (TPSA) is 48.6 Å². The molecule has 0 aliphatic carbocycles. The van der Waals surface area contributed by atoms with Crippen molar-refractivity contribution in [1.82, 2.24) is 10.3 Å². The Hall–Kier alpha value is -3.31. The number of carbonyl (C=O) groups excluding carboxylic acids is 1. The van der Waals surface area contributed by atoms with Crippen LogP contribution in [0.1, 0.15) is 17.0 Å². The minimum Gasteiger partial charge on any atom is -0.308 e. The molecule has 1 N–H and O–H groups in total. The highest BCUT2D eigenvalue weighted by Crippen LogP contribution is 2.21. The molecule has 5 nitrogen and oxygen atoms in total. The van der Waals surface area contributed by atoms with Crippen molar-refractivity contribution in [2.24, 2.45) is 5.10 Å². The standard InChI is InChI=1S/C25H28N4O/c1-28(2)19-23(22-14-8-4-9-15-22)24(18-21-12-6-3-7-13-21)26-27-25(30)20-29-16-10-5-11-17-29/h3-17,23H,18-20H2,1-2H3/p+1/b26-24+. The first-order valence-corrected chi connectivity index (χ1v) is 10.1. The first-order valence-electron chi connectivity index (χ1n) is 10.1. The number of benzene rings is 2. The zero-order valence-electron chi connectivity index (χ0n) is 17.6. The molecule has 30 heavy (non-hydrogen) atoms. The van der Waals surface area contributed by atoms with Crippen LogP contribution in [0.5, 0.6) is 0 Å². The summed E-state index contributed by atoms with van der Waals surface area (Å²) >= 11 is 0. The molecule has 0 spiro atoms. The second-order valence-corrected chi connectivity index (χ2v) is 7.57. The van der Waals surface area contributed by atoms with Crippen molar-refractivity contribution < 1.29 is 9.36 Å². The Kier molecular flexibility index (Phi) is 7.86. The zero-order chi connectivity index (χ0) is 21.2. The lowest BCUT2D eigenvalue weighted by Crippen LogP contribution is -2.41. The third-order valence-electron chi connectivity index (χ3n) is 4.81. The number of aromatic nitrogens is 1. The van der Waals surface area contributed by atoms with Crippen LogP contribution in [0.2, 0.25) is 0 Å². The van der Waals surface area contributed by atoms with Crippen molar-refractivity contribution in [3.05, 3.63) is 102 Å². The maximum Gasteiger partial charge on any atom is 0.305 e. The fourth-order valence-electron chi connectivity index (χ4n) is 3.37. The van der Waals surface area contributed by atoms with E-state index in [9.17, 15) is 4.79 Å². The second-order valence-electron chi connectivity index (χ2n) is 7.57. The highest BCUT2D eigenvalue weighted by molar-refractivity contribution is 5.93. The van der Waals surface area contributed by atoms with Gasteiger partial charge in [-0.1, -0.05) is 66.7 Å². The Bertz CT molecular complexity index is 941. The lowest BCUT2D eigenvalue weighted by molar-refractivity contribution is -0.684. The van der Waals surface area contributed by atoms with E-state index in [4.69, 9.17) is 0 Å². The predicted molar refractivity (Wildman–Crippen MR) is 120 cm³/mol. The molecule has 0 aliphatic rings. The highest BCUT2D eigenvalue weighted by atomic mass is 16.2. The summed E-state index contributed by atoms with van der Waals surface area (Å²) in [6.45, 7) is 1.03. The molecular weight excluding hydrogens is 372 g/mol. The van der Waals surface area contributed by atoms with Gasteiger partial charge < -0.3 is 4.90 Å². The fourth-order valence-corrected chi connectivity index (χ4v) is 3.37. The first kappa shape index (κ1) is 21.4. The normalized spacial score (nSPS) is 12.6. The van der Waals surface area contributed by atoms with E-state index in [0.717, 1.165) is 12.3 Å². The summed E-state index contributed by atoms with van der Waals surface area (Å²) in [5.74, 6) is -0.0699. The third-order valence-corrected chi connectivity index (χ3v) is 4.81. The van der Waals surface area contributed by atoms with E-state index in [1.54, 1.807) is 0 Å². The molecule has 1 unspecified atom stereocenters. The number of hydrazone groups is 1. The summed E-state index contributed by atoms with van der Waals surface area (Å²) in [6, 6.07) is 26.3. The molecule has 0 saturated carbocycles. The number of nitrogens with zero attached hydrogens (tertiary/aromatic N) is 3. The van der Waals surface area contributed by atoms with Crippen molar-refractivity contribution in [3.8, 4) is 0 Å². The highest BCUT2D eigenvalue weighted by Gasteiger charge is 2.21. The molecule has 0 saturated heterocycles. The molecule has 1 aromatic heterocycles. The third kappa shape index (κ3) is 6.64. The van der Waals surface area contributed by atoms with Crippen LogP contribution in [0, 0.1) is 0 Å². The molecule has 3 rings (SSSR count). The summed E-state index contributed by atoms with van der Waals surface area (Å²) in [5, 5.41) is 4.62. The quantitative estimate of drug-likeness (QED) is 0.340. The van der Waals surface area contributed by atoms with Gasteiger partial charge in [-0.05, 0) is 25.2 Å². The van der Waals surface area contributed by atoms with Gasteiger partial charge in [0.25, 0.3) is 0 Å². The van der Waals surface area contributed by atoms with Crippen LogP contribution in [0.3, 0.4) is 0 Å². The van der Waals surface area contributed by atoms with Gasteiger partial charge in [-0.15, -0.1) is 0 Å². The fraction of sp³-hybridized carbons (Fsp3) is 0.240. The van der Waals surface area contributed by atoms with Crippen molar-refractivity contribution in [3.63, 3.8) is 0 Å². The van der Waals surface area contributed by atoms with E-state index < -0.39 is 0 Å². The first-order chi connectivity index (χ1) is 14.6. The molecule has 0 fully saturated rings. The van der Waals surface area contributed by atoms with E-state index in [-0.39, 0.29) is 18.4 Å². The molecule has 3 aromatic rings. The summed E-state index contributed by atoms with van der Waals surface area (Å²) in [4.78, 5) is 14.7. The van der Waals surface area contributed by atoms with E-state index in [1.165, 1.54) is 11.1 Å². The van der Waals surface area contributed by atoms with E-state index in [0.29, 0.717) is 6.42 Å². The van der Waals surface area contributed by atoms with Gasteiger partial charge in [0.15, 0.2) is 12.4 Å². The van der Waals surface area contributed by atoms with Crippen LogP contribution < -0.4 is 9.99 Å². The molecule has 2 aromatic carbocycles. The van der Waals surface area contributed by atoms with Crippen LogP contribution in [0.15, 0.2) is 96.4 Å². The van der Waals surface area contributed by atoms with Crippen molar-refractivity contribution >= 4 is 11.6 Å². The monoisotopic (exact) mass is 401 g/mol. The van der Waals surface area contributed by atoms with Crippen molar-refractivity contribution in [1.29, 1.82) is 0 Å². The molecule has 1 amide bonds. The maximum absolute atomic E-state index is 12.5. The smallest absolute Gasteiger partial charge is 0.305 e. The predicted octanol–water partition coefficient (Wildman–Crippen LogP) is 3.03. The molecule has 0 bridgehead atoms. The molecule has 1 heterocycles. The second kappa shape index (κ2) is 11.0. The largest absolute Gasteiger partial charge is 0.308 e. The van der Waals surface area contributed by atoms with Crippen LogP contribution in [0.25, 0.3) is 0 Å². The summed E-state index contributed by atoms with van der Waals surface area (Å²) in [7, 11) is 4.11. The van der Waals surface area contributed by atoms with Crippen LogP contribution in [-0.4, -0.2) is 37.2 Å². The van der Waals surface area contributed by atoms with Gasteiger partial charge in [-0.3, -0.25) is 4.79 Å². The Balaban J connectivity index is 1.85. The molecule has 0 aliphatic heterocycles. The Morgan fingerprint density at radius 3 is 2.17 bits per heavy atom. The molecular formula is C25H29N4O+. The Labute approximate surface area is 178 Å². The van der Waals surface area contributed by atoms with Gasteiger partial charge in [-0.2, -0.15) is 9.67 Å². The molecule has 0 radical (unpaired) electrons. The van der Waals surface area contributed by atoms with Gasteiger partial charge in [0.1, 0.15) is 0 Å². The number of rotatable bonds is 9. The minimum atomic E-state index is -0.145. The van der Waals surface area contributed by atoms with Gasteiger partial charge in [-0.25, -0.2) is 5.43 Å². The minimum absolute atomic E-state index is 0.0751. The van der Waals surface area contributed by atoms with Gasteiger partial charge in [0.05, 0.1) is 5.71 Å². The van der Waals surface area contributed by atoms with Crippen LogP contribution in [0.4, 0.5) is 0 Å². The average molecular weight is 402 g/mol. The lowest BCUT2D eigenvalue weighted by Gasteiger charge is -2.23. The molecule has 5 heteroatoms. The number of amides is 1. The Morgan fingerprint density at radius 1 is 0.933 bits per heavy atom. The van der Waals surface area contributed by atoms with Gasteiger partial charge in [0.2, 0.25) is 6.54 Å². The van der Waals surface area contributed by atoms with Gasteiger partial charge >= 0.3 is 5.91 Å². The zero-order valence-corrected chi connectivity index (χ0v) is 17.6. The van der Waals surface area contributed by atoms with Crippen LogP contribution >= 0.6 is 0 Å². The number of pyridine rings is 1. The number of likely N-dealkylation sites (N-methyl/N-ethyl adjacent to an activating group) is 1. The van der Waals surface area contributed by atoms with E-state index in [1.807, 2.05) is 71.6 Å². The molecule has 1 atom stereocenters. The van der Waals surface area contributed by atoms with Crippen molar-refractivity contribution in [2.75, 3.05) is 20.6 Å². The average Bonchev–Trinajstić information content (AvgIpc) is 2.77. The maximum atomic E-state index is 12.5. The number of carbonyl (C=O) groups is 1. The Morgan fingerprint density at radius 2 is 1.53 bits per heavy atom. The number of nitrogens with one attached hydrogen (secondary N) is 1. The van der Waals surface area contributed by atoms with Crippen molar-refractivity contribution in [2.45, 2.75) is 18.9 Å².